The molecule has 0 aliphatic carbocycles. The second kappa shape index (κ2) is 11.2. The number of nitrogens with zero attached hydrogens (tertiary/aromatic N) is 4. The summed E-state index contributed by atoms with van der Waals surface area (Å²) in [4.78, 5) is 14.3. The predicted octanol–water partition coefficient (Wildman–Crippen LogP) is 3.56. The maximum atomic E-state index is 5.75. The fraction of sp³-hybridized carbons (Fsp3) is 0.583. The number of furan rings is 1. The van der Waals surface area contributed by atoms with E-state index in [4.69, 9.17) is 9.41 Å². The van der Waals surface area contributed by atoms with Crippen LogP contribution in [0.1, 0.15) is 56.4 Å². The molecule has 4 rings (SSSR count). The van der Waals surface area contributed by atoms with E-state index in [1.165, 1.54) is 37.7 Å². The maximum absolute atomic E-state index is 5.75. The monoisotopic (exact) mass is 424 g/mol. The molecule has 0 radical (unpaired) electrons. The van der Waals surface area contributed by atoms with Crippen molar-refractivity contribution >= 4 is 11.8 Å². The topological polar surface area (TPSA) is 68.9 Å². The molecule has 0 saturated carbocycles. The summed E-state index contributed by atoms with van der Waals surface area (Å²) in [5, 5.41) is 6.93. The summed E-state index contributed by atoms with van der Waals surface area (Å²) in [6.45, 7) is 8.79. The molecule has 0 amide bonds. The Balaban J connectivity index is 1.39. The van der Waals surface area contributed by atoms with Crippen LogP contribution in [0.5, 0.6) is 0 Å². The molecule has 2 N–H and O–H groups in total. The van der Waals surface area contributed by atoms with Gasteiger partial charge in [-0.15, -0.1) is 0 Å². The van der Waals surface area contributed by atoms with Crippen molar-refractivity contribution in [2.24, 2.45) is 4.99 Å². The number of nitrogens with one attached hydrogen (secondary N) is 2. The lowest BCUT2D eigenvalue weighted by atomic mass is 10.1. The number of aliphatic imine (C=N–C) groups is 1. The van der Waals surface area contributed by atoms with Gasteiger partial charge in [-0.1, -0.05) is 0 Å². The van der Waals surface area contributed by atoms with E-state index < -0.39 is 0 Å². The number of aromatic nitrogens is 1. The molecule has 0 bridgehead atoms. The first-order valence-electron chi connectivity index (χ1n) is 11.8. The summed E-state index contributed by atoms with van der Waals surface area (Å²) in [5.74, 6) is 2.94. The molecule has 7 nitrogen and oxygen atoms in total. The molecule has 7 heteroatoms. The number of hydrogen-bond acceptors (Lipinski definition) is 5. The van der Waals surface area contributed by atoms with Gasteiger partial charge < -0.3 is 20.0 Å². The predicted molar refractivity (Wildman–Crippen MR) is 125 cm³/mol. The molecule has 1 atom stereocenters. The molecule has 2 aliphatic heterocycles. The Labute approximate surface area is 185 Å². The van der Waals surface area contributed by atoms with Gasteiger partial charge in [0.2, 0.25) is 0 Å². The van der Waals surface area contributed by atoms with Crippen LogP contribution in [0.2, 0.25) is 0 Å². The van der Waals surface area contributed by atoms with E-state index in [1.54, 1.807) is 6.26 Å². The average molecular weight is 425 g/mol. The second-order valence-electron chi connectivity index (χ2n) is 8.42. The summed E-state index contributed by atoms with van der Waals surface area (Å²) >= 11 is 0. The minimum Gasteiger partial charge on any atom is -0.468 e. The van der Waals surface area contributed by atoms with Crippen LogP contribution in [0.15, 0.2) is 46.1 Å². The molecule has 0 aromatic carbocycles. The molecule has 1 unspecified atom stereocenters. The van der Waals surface area contributed by atoms with E-state index in [-0.39, 0.29) is 6.04 Å². The van der Waals surface area contributed by atoms with E-state index in [1.807, 2.05) is 12.3 Å². The van der Waals surface area contributed by atoms with Crippen molar-refractivity contribution in [3.05, 3.63) is 48.0 Å². The lowest BCUT2D eigenvalue weighted by molar-refractivity contribution is 0.215. The number of anilines is 1. The smallest absolute Gasteiger partial charge is 0.191 e. The molecule has 2 aromatic heterocycles. The zero-order valence-corrected chi connectivity index (χ0v) is 18.7. The SMILES string of the molecule is CCNC(=NCc1ccnc(N2CCCCC2)c1)NCC(c1ccco1)N1CCCC1. The minimum absolute atomic E-state index is 0.230. The third kappa shape index (κ3) is 6.00. The highest BCUT2D eigenvalue weighted by Crippen LogP contribution is 2.25. The number of piperidine rings is 1. The van der Waals surface area contributed by atoms with Gasteiger partial charge in [-0.2, -0.15) is 0 Å². The van der Waals surface area contributed by atoms with Crippen LogP contribution in [0.25, 0.3) is 0 Å². The summed E-state index contributed by atoms with van der Waals surface area (Å²) in [6.07, 6.45) is 10.0. The van der Waals surface area contributed by atoms with Gasteiger partial charge in [0.15, 0.2) is 5.96 Å². The molecule has 2 fully saturated rings. The highest BCUT2D eigenvalue weighted by molar-refractivity contribution is 5.79. The Hall–Kier alpha value is -2.54. The summed E-state index contributed by atoms with van der Waals surface area (Å²) in [6, 6.07) is 8.53. The van der Waals surface area contributed by atoms with Crippen LogP contribution < -0.4 is 15.5 Å². The zero-order valence-electron chi connectivity index (χ0n) is 18.7. The highest BCUT2D eigenvalue weighted by atomic mass is 16.3. The van der Waals surface area contributed by atoms with Crippen molar-refractivity contribution in [3.8, 4) is 0 Å². The van der Waals surface area contributed by atoms with Crippen molar-refractivity contribution in [1.29, 1.82) is 0 Å². The first-order valence-corrected chi connectivity index (χ1v) is 11.8. The fourth-order valence-electron chi connectivity index (χ4n) is 4.50. The largest absolute Gasteiger partial charge is 0.468 e. The molecular weight excluding hydrogens is 388 g/mol. The van der Waals surface area contributed by atoms with Gasteiger partial charge in [0.1, 0.15) is 11.6 Å². The van der Waals surface area contributed by atoms with Crippen LogP contribution in [0, 0.1) is 0 Å². The van der Waals surface area contributed by atoms with Gasteiger partial charge in [-0.05, 0) is 81.9 Å². The molecule has 0 spiro atoms. The highest BCUT2D eigenvalue weighted by Gasteiger charge is 2.25. The van der Waals surface area contributed by atoms with E-state index in [0.29, 0.717) is 6.54 Å². The van der Waals surface area contributed by atoms with E-state index in [9.17, 15) is 0 Å². The van der Waals surface area contributed by atoms with E-state index in [0.717, 1.165) is 56.8 Å². The third-order valence-electron chi connectivity index (χ3n) is 6.17. The van der Waals surface area contributed by atoms with Crippen LogP contribution in [0.3, 0.4) is 0 Å². The van der Waals surface area contributed by atoms with Gasteiger partial charge in [-0.3, -0.25) is 4.90 Å². The molecule has 31 heavy (non-hydrogen) atoms. The van der Waals surface area contributed by atoms with Crippen LogP contribution in [-0.4, -0.2) is 55.1 Å². The number of likely N-dealkylation sites (tertiary alicyclic amines) is 1. The van der Waals surface area contributed by atoms with Crippen molar-refractivity contribution in [2.45, 2.75) is 51.6 Å². The minimum atomic E-state index is 0.230. The Morgan fingerprint density at radius 1 is 1.10 bits per heavy atom. The van der Waals surface area contributed by atoms with Crippen molar-refractivity contribution in [3.63, 3.8) is 0 Å². The van der Waals surface area contributed by atoms with Gasteiger partial charge >= 0.3 is 0 Å². The lowest BCUT2D eigenvalue weighted by Crippen LogP contribution is -2.42. The molecule has 4 heterocycles. The Kier molecular flexibility index (Phi) is 7.82. The maximum Gasteiger partial charge on any atom is 0.191 e. The Morgan fingerprint density at radius 2 is 1.90 bits per heavy atom. The second-order valence-corrected chi connectivity index (χ2v) is 8.42. The Morgan fingerprint density at radius 3 is 2.65 bits per heavy atom. The first-order chi connectivity index (χ1) is 15.3. The first kappa shape index (κ1) is 21.7. The quantitative estimate of drug-likeness (QED) is 0.499. The molecule has 2 aliphatic rings. The number of hydrogen-bond donors (Lipinski definition) is 2. The zero-order chi connectivity index (χ0) is 21.3. The normalized spacial score (nSPS) is 18.9. The lowest BCUT2D eigenvalue weighted by Gasteiger charge is -2.28. The molecule has 2 aromatic rings. The van der Waals surface area contributed by atoms with Crippen LogP contribution >= 0.6 is 0 Å². The van der Waals surface area contributed by atoms with Crippen molar-refractivity contribution < 1.29 is 4.42 Å². The summed E-state index contributed by atoms with van der Waals surface area (Å²) < 4.78 is 5.75. The number of pyridine rings is 1. The van der Waals surface area contributed by atoms with Gasteiger partial charge in [0.25, 0.3) is 0 Å². The standard InChI is InChI=1S/C24H36N6O/c1-2-25-24(28-19-21(22-9-8-16-31-22)29-12-6-7-13-29)27-18-20-10-11-26-23(17-20)30-14-4-3-5-15-30/h8-11,16-17,21H,2-7,12-15,18-19H2,1H3,(H2,25,27,28). The van der Waals surface area contributed by atoms with Crippen LogP contribution in [0.4, 0.5) is 5.82 Å². The molecule has 168 valence electrons. The fourth-order valence-corrected chi connectivity index (χ4v) is 4.50. The van der Waals surface area contributed by atoms with Crippen molar-refractivity contribution in [1.82, 2.24) is 20.5 Å². The van der Waals surface area contributed by atoms with Crippen molar-refractivity contribution in [2.75, 3.05) is 44.2 Å². The average Bonchev–Trinajstić information content (AvgIpc) is 3.54. The van der Waals surface area contributed by atoms with E-state index >= 15 is 0 Å². The molecular formula is C24H36N6O. The Bertz CT molecular complexity index is 809. The van der Waals surface area contributed by atoms with Gasteiger partial charge in [0.05, 0.1) is 18.8 Å². The third-order valence-corrected chi connectivity index (χ3v) is 6.17. The van der Waals surface area contributed by atoms with Gasteiger partial charge in [0, 0.05) is 32.4 Å². The van der Waals surface area contributed by atoms with Crippen LogP contribution in [-0.2, 0) is 6.54 Å². The number of guanidine groups is 1. The summed E-state index contributed by atoms with van der Waals surface area (Å²) in [7, 11) is 0. The number of rotatable bonds is 8. The van der Waals surface area contributed by atoms with Gasteiger partial charge in [-0.25, -0.2) is 9.98 Å². The molecule has 2 saturated heterocycles. The van der Waals surface area contributed by atoms with E-state index in [2.05, 4.69) is 50.5 Å². The summed E-state index contributed by atoms with van der Waals surface area (Å²) in [5.41, 5.74) is 1.19.